The molecule has 0 bridgehead atoms. The largest absolute Gasteiger partial charge is 0.306 e. The van der Waals surface area contributed by atoms with Crippen molar-refractivity contribution < 1.29 is 0 Å². The molecule has 2 aromatic rings. The molecule has 0 aliphatic heterocycles. The number of rotatable bonds is 4. The monoisotopic (exact) mass is 296 g/mol. The van der Waals surface area contributed by atoms with Gasteiger partial charge >= 0.3 is 0 Å². The molecule has 0 fully saturated rings. The molecular weight excluding hydrogens is 268 g/mol. The minimum atomic E-state index is 0.199. The molecule has 2 rings (SSSR count). The fourth-order valence-corrected chi connectivity index (χ4v) is 2.71. The van der Waals surface area contributed by atoms with E-state index in [1.165, 1.54) is 27.8 Å². The molecule has 118 valence electrons. The number of nitrogens with zero attached hydrogens (tertiary/aromatic N) is 1. The summed E-state index contributed by atoms with van der Waals surface area (Å²) >= 11 is 0. The first-order valence-electron chi connectivity index (χ1n) is 8.03. The Morgan fingerprint density at radius 2 is 1.77 bits per heavy atom. The van der Waals surface area contributed by atoms with Crippen molar-refractivity contribution in [1.82, 2.24) is 10.3 Å². The lowest BCUT2D eigenvalue weighted by molar-refractivity contribution is 0.567. The number of aromatic nitrogens is 1. The Morgan fingerprint density at radius 1 is 1.14 bits per heavy atom. The molecule has 1 aromatic heterocycles. The average Bonchev–Trinajstić information content (AvgIpc) is 2.46. The van der Waals surface area contributed by atoms with Gasteiger partial charge in [0, 0.05) is 25.0 Å². The van der Waals surface area contributed by atoms with E-state index in [1.807, 2.05) is 18.5 Å². The molecule has 2 nitrogen and oxygen atoms in total. The quantitative estimate of drug-likeness (QED) is 0.872. The van der Waals surface area contributed by atoms with E-state index in [-0.39, 0.29) is 5.41 Å². The first kappa shape index (κ1) is 16.7. The maximum absolute atomic E-state index is 4.19. The highest BCUT2D eigenvalue weighted by atomic mass is 14.9. The van der Waals surface area contributed by atoms with Gasteiger partial charge in [-0.3, -0.25) is 4.98 Å². The van der Waals surface area contributed by atoms with Gasteiger partial charge in [0.2, 0.25) is 0 Å². The summed E-state index contributed by atoms with van der Waals surface area (Å²) in [6.45, 7) is 14.3. The van der Waals surface area contributed by atoms with Crippen LogP contribution < -0.4 is 5.32 Å². The van der Waals surface area contributed by atoms with Crippen molar-refractivity contribution in [3.63, 3.8) is 0 Å². The second kappa shape index (κ2) is 6.62. The van der Waals surface area contributed by atoms with Crippen LogP contribution in [0.3, 0.4) is 0 Å². The smallest absolute Gasteiger partial charge is 0.0315 e. The van der Waals surface area contributed by atoms with Crippen LogP contribution in [0.2, 0.25) is 0 Å². The van der Waals surface area contributed by atoms with Crippen molar-refractivity contribution in [2.45, 2.75) is 59.5 Å². The molecule has 0 radical (unpaired) electrons. The molecule has 1 N–H and O–H groups in total. The first-order valence-corrected chi connectivity index (χ1v) is 8.03. The predicted octanol–water partition coefficient (Wildman–Crippen LogP) is 4.85. The molecule has 1 atom stereocenters. The van der Waals surface area contributed by atoms with E-state index < -0.39 is 0 Å². The summed E-state index contributed by atoms with van der Waals surface area (Å²) in [7, 11) is 0. The lowest BCUT2D eigenvalue weighted by Gasteiger charge is -2.23. The lowest BCUT2D eigenvalue weighted by atomic mass is 9.84. The fourth-order valence-electron chi connectivity index (χ4n) is 2.71. The normalized spacial score (nSPS) is 13.2. The summed E-state index contributed by atoms with van der Waals surface area (Å²) in [5, 5.41) is 3.62. The van der Waals surface area contributed by atoms with Gasteiger partial charge in [0.1, 0.15) is 0 Å². The number of hydrogen-bond donors (Lipinski definition) is 1. The summed E-state index contributed by atoms with van der Waals surface area (Å²) < 4.78 is 0. The molecule has 0 saturated carbocycles. The maximum Gasteiger partial charge on any atom is 0.0315 e. The van der Waals surface area contributed by atoms with Crippen molar-refractivity contribution in [3.05, 3.63) is 64.5 Å². The van der Waals surface area contributed by atoms with E-state index >= 15 is 0 Å². The third-order valence-electron chi connectivity index (χ3n) is 4.33. The zero-order valence-electron chi connectivity index (χ0n) is 14.7. The van der Waals surface area contributed by atoms with Crippen molar-refractivity contribution in [2.24, 2.45) is 0 Å². The van der Waals surface area contributed by atoms with Crippen molar-refractivity contribution in [1.29, 1.82) is 0 Å². The van der Waals surface area contributed by atoms with Gasteiger partial charge in [-0.1, -0.05) is 39.0 Å². The van der Waals surface area contributed by atoms with Gasteiger partial charge in [0.25, 0.3) is 0 Å². The standard InChI is InChI=1S/C20H28N2/c1-14-10-18(20(4,5)6)11-15(2)19(14)13-22-16(3)17-8-7-9-21-12-17/h7-12,16,22H,13H2,1-6H3. The number of nitrogens with one attached hydrogen (secondary N) is 1. The van der Waals surface area contributed by atoms with Gasteiger partial charge in [-0.2, -0.15) is 0 Å². The van der Waals surface area contributed by atoms with Crippen LogP contribution in [0.1, 0.15) is 61.6 Å². The van der Waals surface area contributed by atoms with Crippen LogP contribution in [-0.2, 0) is 12.0 Å². The maximum atomic E-state index is 4.19. The molecule has 0 aliphatic rings. The molecule has 1 heterocycles. The highest BCUT2D eigenvalue weighted by Gasteiger charge is 2.16. The van der Waals surface area contributed by atoms with Crippen LogP contribution >= 0.6 is 0 Å². The Bertz CT molecular complexity index is 601. The van der Waals surface area contributed by atoms with E-state index in [0.717, 1.165) is 6.54 Å². The van der Waals surface area contributed by atoms with Crippen LogP contribution in [0, 0.1) is 13.8 Å². The van der Waals surface area contributed by atoms with Crippen LogP contribution in [0.25, 0.3) is 0 Å². The van der Waals surface area contributed by atoms with Gasteiger partial charge in [0.15, 0.2) is 0 Å². The summed E-state index contributed by atoms with van der Waals surface area (Å²) in [5.41, 5.74) is 6.98. The van der Waals surface area contributed by atoms with Crippen molar-refractivity contribution >= 4 is 0 Å². The molecule has 0 spiro atoms. The van der Waals surface area contributed by atoms with Crippen LogP contribution in [0.4, 0.5) is 0 Å². The Labute approximate surface area is 135 Å². The molecule has 2 heteroatoms. The second-order valence-electron chi connectivity index (χ2n) is 7.23. The molecule has 0 saturated heterocycles. The average molecular weight is 296 g/mol. The zero-order valence-corrected chi connectivity index (χ0v) is 14.7. The van der Waals surface area contributed by atoms with Gasteiger partial charge in [0.05, 0.1) is 0 Å². The Kier molecular flexibility index (Phi) is 5.02. The molecule has 22 heavy (non-hydrogen) atoms. The molecular formula is C20H28N2. The van der Waals surface area contributed by atoms with E-state index in [1.54, 1.807) is 0 Å². The summed E-state index contributed by atoms with van der Waals surface area (Å²) in [5.74, 6) is 0. The Hall–Kier alpha value is -1.67. The highest BCUT2D eigenvalue weighted by molar-refractivity contribution is 5.40. The van der Waals surface area contributed by atoms with Crippen LogP contribution in [0.5, 0.6) is 0 Å². The van der Waals surface area contributed by atoms with Crippen LogP contribution in [-0.4, -0.2) is 4.98 Å². The Balaban J connectivity index is 2.14. The summed E-state index contributed by atoms with van der Waals surface area (Å²) in [6, 6.07) is 9.07. The minimum absolute atomic E-state index is 0.199. The fraction of sp³-hybridized carbons (Fsp3) is 0.450. The minimum Gasteiger partial charge on any atom is -0.306 e. The topological polar surface area (TPSA) is 24.9 Å². The van der Waals surface area contributed by atoms with Crippen molar-refractivity contribution in [2.75, 3.05) is 0 Å². The van der Waals surface area contributed by atoms with Gasteiger partial charge in [-0.05, 0) is 60.1 Å². The van der Waals surface area contributed by atoms with Crippen LogP contribution in [0.15, 0.2) is 36.7 Å². The van der Waals surface area contributed by atoms with E-state index in [4.69, 9.17) is 0 Å². The van der Waals surface area contributed by atoms with E-state index in [2.05, 4.69) is 70.0 Å². The summed E-state index contributed by atoms with van der Waals surface area (Å²) in [4.78, 5) is 4.19. The van der Waals surface area contributed by atoms with E-state index in [0.29, 0.717) is 6.04 Å². The van der Waals surface area contributed by atoms with Gasteiger partial charge < -0.3 is 5.32 Å². The number of benzene rings is 1. The Morgan fingerprint density at radius 3 is 2.27 bits per heavy atom. The second-order valence-corrected chi connectivity index (χ2v) is 7.23. The predicted molar refractivity (Wildman–Crippen MR) is 94.1 cm³/mol. The zero-order chi connectivity index (χ0) is 16.3. The van der Waals surface area contributed by atoms with Gasteiger partial charge in [-0.15, -0.1) is 0 Å². The third kappa shape index (κ3) is 3.95. The molecule has 0 amide bonds. The molecule has 0 aliphatic carbocycles. The first-order chi connectivity index (χ1) is 10.3. The number of hydrogen-bond acceptors (Lipinski definition) is 2. The van der Waals surface area contributed by atoms with E-state index in [9.17, 15) is 0 Å². The van der Waals surface area contributed by atoms with Crippen molar-refractivity contribution in [3.8, 4) is 0 Å². The number of aryl methyl sites for hydroxylation is 2. The summed E-state index contributed by atoms with van der Waals surface area (Å²) in [6.07, 6.45) is 3.75. The number of pyridine rings is 1. The third-order valence-corrected chi connectivity index (χ3v) is 4.33. The lowest BCUT2D eigenvalue weighted by Crippen LogP contribution is -2.20. The van der Waals surface area contributed by atoms with Gasteiger partial charge in [-0.25, -0.2) is 0 Å². The SMILES string of the molecule is Cc1cc(C(C)(C)C)cc(C)c1CNC(C)c1cccnc1. The highest BCUT2D eigenvalue weighted by Crippen LogP contribution is 2.27. The molecule has 1 unspecified atom stereocenters. The molecule has 1 aromatic carbocycles.